The van der Waals surface area contributed by atoms with Crippen molar-refractivity contribution >= 4 is 5.97 Å². The van der Waals surface area contributed by atoms with Gasteiger partial charge in [0, 0.05) is 5.57 Å². The predicted molar refractivity (Wildman–Crippen MR) is 67.3 cm³/mol. The average molecular weight is 262 g/mol. The largest absolute Gasteiger partial charge is 0.454 e. The Labute approximate surface area is 112 Å². The van der Waals surface area contributed by atoms with Gasteiger partial charge in [-0.05, 0) is 39.2 Å². The van der Waals surface area contributed by atoms with Crippen LogP contribution in [0, 0.1) is 5.92 Å². The summed E-state index contributed by atoms with van der Waals surface area (Å²) in [5.41, 5.74) is 2.06. The number of ether oxygens (including phenoxy) is 2. The van der Waals surface area contributed by atoms with Crippen molar-refractivity contribution in [2.75, 3.05) is 0 Å². The first kappa shape index (κ1) is 11.7. The fraction of sp³-hybridized carbons (Fsp3) is 0.667. The maximum Gasteiger partial charge on any atom is 0.334 e. The zero-order chi connectivity index (χ0) is 13.6. The van der Waals surface area contributed by atoms with E-state index in [-0.39, 0.29) is 23.6 Å². The van der Waals surface area contributed by atoms with Crippen molar-refractivity contribution < 1.29 is 19.4 Å². The summed E-state index contributed by atoms with van der Waals surface area (Å²) in [5, 5.41) is 10.4. The van der Waals surface area contributed by atoms with Gasteiger partial charge in [-0.2, -0.15) is 0 Å². The average Bonchev–Trinajstić information content (AvgIpc) is 2.77. The number of rotatable bonds is 0. The lowest BCUT2D eigenvalue weighted by Crippen LogP contribution is -2.42. The van der Waals surface area contributed by atoms with Crippen molar-refractivity contribution in [3.05, 3.63) is 22.8 Å². The molecule has 102 valence electrons. The molecule has 4 heteroatoms. The number of hydrogen-bond donors (Lipinski definition) is 1. The van der Waals surface area contributed by atoms with Crippen molar-refractivity contribution in [3.8, 4) is 0 Å². The molecule has 2 fully saturated rings. The Hall–Kier alpha value is -1.13. The summed E-state index contributed by atoms with van der Waals surface area (Å²) in [6, 6.07) is 0. The second-order valence-electron chi connectivity index (χ2n) is 6.44. The van der Waals surface area contributed by atoms with Crippen molar-refractivity contribution in [1.29, 1.82) is 0 Å². The molecule has 4 rings (SSSR count). The van der Waals surface area contributed by atoms with Crippen LogP contribution in [-0.4, -0.2) is 34.5 Å². The first-order valence-electron chi connectivity index (χ1n) is 6.88. The number of fused-ring (bicyclic) bond motifs is 2. The zero-order valence-corrected chi connectivity index (χ0v) is 11.4. The zero-order valence-electron chi connectivity index (χ0n) is 11.4. The van der Waals surface area contributed by atoms with Gasteiger partial charge in [0.25, 0.3) is 0 Å². The van der Waals surface area contributed by atoms with Crippen LogP contribution in [0.5, 0.6) is 0 Å². The van der Waals surface area contributed by atoms with Crippen molar-refractivity contribution in [3.63, 3.8) is 0 Å². The van der Waals surface area contributed by atoms with Crippen LogP contribution < -0.4 is 0 Å². The molecule has 0 radical (unpaired) electrons. The molecule has 2 aliphatic heterocycles. The Kier molecular flexibility index (Phi) is 1.92. The highest BCUT2D eigenvalue weighted by atomic mass is 16.6. The smallest absolute Gasteiger partial charge is 0.334 e. The minimum Gasteiger partial charge on any atom is -0.454 e. The Morgan fingerprint density at radius 3 is 2.89 bits per heavy atom. The summed E-state index contributed by atoms with van der Waals surface area (Å²) in [6.45, 7) is 5.90. The highest BCUT2D eigenvalue weighted by Gasteiger charge is 2.78. The Morgan fingerprint density at radius 2 is 2.16 bits per heavy atom. The van der Waals surface area contributed by atoms with Crippen molar-refractivity contribution in [1.82, 2.24) is 0 Å². The van der Waals surface area contributed by atoms with Crippen LogP contribution in [-0.2, 0) is 14.3 Å². The predicted octanol–water partition coefficient (Wildman–Crippen LogP) is 1.49. The molecular weight excluding hydrogens is 244 g/mol. The summed E-state index contributed by atoms with van der Waals surface area (Å²) in [5.74, 6) is -0.250. The lowest BCUT2D eigenvalue weighted by Gasteiger charge is -2.27. The summed E-state index contributed by atoms with van der Waals surface area (Å²) in [4.78, 5) is 11.8. The third kappa shape index (κ3) is 1.11. The van der Waals surface area contributed by atoms with Gasteiger partial charge < -0.3 is 14.6 Å². The molecule has 1 spiro atoms. The van der Waals surface area contributed by atoms with E-state index in [1.165, 1.54) is 0 Å². The van der Waals surface area contributed by atoms with E-state index in [0.717, 1.165) is 29.6 Å². The van der Waals surface area contributed by atoms with Crippen molar-refractivity contribution in [2.24, 2.45) is 5.92 Å². The van der Waals surface area contributed by atoms with E-state index >= 15 is 0 Å². The molecule has 0 aromatic rings. The Morgan fingerprint density at radius 1 is 1.42 bits per heavy atom. The van der Waals surface area contributed by atoms with Crippen LogP contribution >= 0.6 is 0 Å². The van der Waals surface area contributed by atoms with Crippen LogP contribution in [0.4, 0.5) is 0 Å². The van der Waals surface area contributed by atoms with Crippen molar-refractivity contribution in [2.45, 2.75) is 57.0 Å². The second-order valence-corrected chi connectivity index (χ2v) is 6.44. The fourth-order valence-electron chi connectivity index (χ4n) is 4.41. The number of hydrogen-bond acceptors (Lipinski definition) is 4. The number of carbonyl (C=O) groups excluding carboxylic acids is 1. The van der Waals surface area contributed by atoms with Gasteiger partial charge in [0.15, 0.2) is 0 Å². The van der Waals surface area contributed by atoms with Crippen LogP contribution in [0.2, 0.25) is 0 Å². The van der Waals surface area contributed by atoms with Gasteiger partial charge >= 0.3 is 5.97 Å². The Bertz CT molecular complexity index is 560. The van der Waals surface area contributed by atoms with Crippen LogP contribution in [0.3, 0.4) is 0 Å². The monoisotopic (exact) mass is 262 g/mol. The molecule has 0 aromatic carbocycles. The standard InChI is InChI=1S/C15H18O4/c1-7-6-10(16)15-11(7)12-9(8(2)13(17)18-12)4-5-14(15,3)19-15/h6,10-12,16H,4-5H2,1-3H3/t10-,11-,12+,14+,15+/m1/s1. The molecule has 4 aliphatic rings. The SMILES string of the molecule is CC1=C[C@@H](O)[C@@]23O[C@@]2(C)CCC2=C(C)C(=O)O[C@@H]2[C@@H]13. The molecule has 0 unspecified atom stereocenters. The van der Waals surface area contributed by atoms with Crippen LogP contribution in [0.1, 0.15) is 33.6 Å². The lowest BCUT2D eigenvalue weighted by atomic mass is 9.78. The minimum absolute atomic E-state index is 0.0357. The second kappa shape index (κ2) is 3.13. The van der Waals surface area contributed by atoms with Gasteiger partial charge in [0.2, 0.25) is 0 Å². The highest BCUT2D eigenvalue weighted by molar-refractivity contribution is 5.92. The van der Waals surface area contributed by atoms with E-state index in [1.807, 2.05) is 19.9 Å². The summed E-state index contributed by atoms with van der Waals surface area (Å²) < 4.78 is 11.6. The molecule has 4 nitrogen and oxygen atoms in total. The number of carbonyl (C=O) groups is 1. The van der Waals surface area contributed by atoms with E-state index in [9.17, 15) is 9.90 Å². The van der Waals surface area contributed by atoms with Crippen LogP contribution in [0.25, 0.3) is 0 Å². The number of esters is 1. The first-order chi connectivity index (χ1) is 8.91. The maximum absolute atomic E-state index is 11.8. The van der Waals surface area contributed by atoms with E-state index in [4.69, 9.17) is 9.47 Å². The normalized spacial score (nSPS) is 51.1. The molecule has 19 heavy (non-hydrogen) atoms. The molecule has 0 bridgehead atoms. The Balaban J connectivity index is 1.87. The van der Waals surface area contributed by atoms with Gasteiger partial charge in [0.1, 0.15) is 17.8 Å². The molecular formula is C15H18O4. The fourth-order valence-corrected chi connectivity index (χ4v) is 4.41. The van der Waals surface area contributed by atoms with Gasteiger partial charge in [-0.15, -0.1) is 0 Å². The molecule has 0 amide bonds. The minimum atomic E-state index is -0.596. The highest BCUT2D eigenvalue weighted by Crippen LogP contribution is 2.66. The van der Waals surface area contributed by atoms with E-state index in [1.54, 1.807) is 0 Å². The lowest BCUT2D eigenvalue weighted by molar-refractivity contribution is -0.142. The molecule has 0 aromatic heterocycles. The van der Waals surface area contributed by atoms with Gasteiger partial charge in [0.05, 0.1) is 11.5 Å². The van der Waals surface area contributed by atoms with E-state index < -0.39 is 11.7 Å². The summed E-state index contributed by atoms with van der Waals surface area (Å²) >= 11 is 0. The molecule has 2 aliphatic carbocycles. The summed E-state index contributed by atoms with van der Waals surface area (Å²) in [6.07, 6.45) is 2.67. The number of epoxide rings is 1. The molecule has 1 saturated carbocycles. The van der Waals surface area contributed by atoms with E-state index in [0.29, 0.717) is 0 Å². The van der Waals surface area contributed by atoms with Gasteiger partial charge in [-0.25, -0.2) is 4.79 Å². The topological polar surface area (TPSA) is 59.1 Å². The molecule has 1 N–H and O–H groups in total. The van der Waals surface area contributed by atoms with Gasteiger partial charge in [-0.1, -0.05) is 11.6 Å². The quantitative estimate of drug-likeness (QED) is 0.408. The molecule has 5 atom stereocenters. The number of aliphatic hydroxyl groups is 1. The molecule has 2 heterocycles. The maximum atomic E-state index is 11.8. The van der Waals surface area contributed by atoms with Crippen LogP contribution in [0.15, 0.2) is 22.8 Å². The third-order valence-corrected chi connectivity index (χ3v) is 5.53. The number of aliphatic hydroxyl groups excluding tert-OH is 1. The summed E-state index contributed by atoms with van der Waals surface area (Å²) in [7, 11) is 0. The first-order valence-corrected chi connectivity index (χ1v) is 6.88. The van der Waals surface area contributed by atoms with Gasteiger partial charge in [-0.3, -0.25) is 0 Å². The van der Waals surface area contributed by atoms with E-state index in [2.05, 4.69) is 6.92 Å². The third-order valence-electron chi connectivity index (χ3n) is 5.53. The molecule has 1 saturated heterocycles.